The van der Waals surface area contributed by atoms with Crippen molar-refractivity contribution in [2.45, 2.75) is 27.4 Å². The summed E-state index contributed by atoms with van der Waals surface area (Å²) in [7, 11) is 0. The number of benzene rings is 2. The molecule has 7 heteroatoms. The van der Waals surface area contributed by atoms with Crippen LogP contribution in [0, 0.1) is 20.8 Å². The molecule has 32 heavy (non-hydrogen) atoms. The summed E-state index contributed by atoms with van der Waals surface area (Å²) in [5.41, 5.74) is 5.67. The first kappa shape index (κ1) is 21.1. The predicted molar refractivity (Wildman–Crippen MR) is 126 cm³/mol. The number of rotatable bonds is 5. The van der Waals surface area contributed by atoms with Crippen LogP contribution in [0.15, 0.2) is 71.7 Å². The molecule has 2 amide bonds. The van der Waals surface area contributed by atoms with Gasteiger partial charge >= 0.3 is 6.03 Å². The van der Waals surface area contributed by atoms with Crippen molar-refractivity contribution in [2.75, 3.05) is 10.6 Å². The second kappa shape index (κ2) is 8.93. The molecule has 4 rings (SSSR count). The third kappa shape index (κ3) is 4.95. The number of carbonyl (C=O) groups excluding carboxylic acids is 1. The molecule has 2 heterocycles. The molecule has 0 saturated heterocycles. The minimum atomic E-state index is -0.321. The van der Waals surface area contributed by atoms with E-state index in [1.165, 1.54) is 16.0 Å². The van der Waals surface area contributed by atoms with Crippen LogP contribution in [-0.2, 0) is 6.61 Å². The number of urea groups is 1. The Hall–Kier alpha value is -4.13. The van der Waals surface area contributed by atoms with Gasteiger partial charge in [-0.05, 0) is 86.0 Å². The van der Waals surface area contributed by atoms with Gasteiger partial charge in [0.05, 0.1) is 5.69 Å². The van der Waals surface area contributed by atoms with Gasteiger partial charge < -0.3 is 15.4 Å². The van der Waals surface area contributed by atoms with Crippen LogP contribution in [0.5, 0.6) is 5.75 Å². The van der Waals surface area contributed by atoms with Crippen LogP contribution >= 0.6 is 0 Å². The molecular formula is C25H24N4O3. The van der Waals surface area contributed by atoms with Crippen LogP contribution < -0.4 is 20.9 Å². The number of hydrogen-bond acceptors (Lipinski definition) is 4. The Kier molecular flexibility index (Phi) is 5.89. The monoisotopic (exact) mass is 428 g/mol. The van der Waals surface area contributed by atoms with E-state index >= 15 is 0 Å². The molecule has 0 unspecified atom stereocenters. The van der Waals surface area contributed by atoms with E-state index in [1.54, 1.807) is 30.5 Å². The summed E-state index contributed by atoms with van der Waals surface area (Å²) in [6.45, 7) is 6.15. The number of aryl methyl sites for hydroxylation is 3. The minimum absolute atomic E-state index is 0.150. The van der Waals surface area contributed by atoms with Crippen molar-refractivity contribution in [3.8, 4) is 5.75 Å². The van der Waals surface area contributed by atoms with Crippen molar-refractivity contribution in [2.24, 2.45) is 0 Å². The van der Waals surface area contributed by atoms with E-state index in [9.17, 15) is 9.59 Å². The molecule has 4 aromatic rings. The Morgan fingerprint density at radius 3 is 2.38 bits per heavy atom. The number of anilines is 2. The minimum Gasteiger partial charge on any atom is -0.487 e. The largest absolute Gasteiger partial charge is 0.487 e. The summed E-state index contributed by atoms with van der Waals surface area (Å²) in [5, 5.41) is 5.62. The molecule has 2 aromatic carbocycles. The van der Waals surface area contributed by atoms with Crippen molar-refractivity contribution < 1.29 is 9.53 Å². The SMILES string of the molecule is Cc1ccn2c(=O)cc(COc3ccc(NC(=O)Nc4ccc(C)c(C)c4)cc3)nc2c1. The fourth-order valence-corrected chi connectivity index (χ4v) is 3.23. The van der Waals surface area contributed by atoms with Gasteiger partial charge in [-0.25, -0.2) is 9.78 Å². The standard InChI is InChI=1S/C25H24N4O3/c1-16-10-11-29-23(12-16)26-21(14-24(29)30)15-32-22-8-6-19(7-9-22)27-25(31)28-20-5-4-17(2)18(3)13-20/h4-14H,15H2,1-3H3,(H2,27,28,31). The highest BCUT2D eigenvalue weighted by molar-refractivity contribution is 5.99. The lowest BCUT2D eigenvalue weighted by molar-refractivity contribution is 0.262. The van der Waals surface area contributed by atoms with E-state index in [-0.39, 0.29) is 18.2 Å². The van der Waals surface area contributed by atoms with E-state index in [1.807, 2.05) is 51.1 Å². The second-order valence-electron chi connectivity index (χ2n) is 7.71. The highest BCUT2D eigenvalue weighted by atomic mass is 16.5. The molecule has 2 N–H and O–H groups in total. The molecule has 0 spiro atoms. The Balaban J connectivity index is 1.36. The first-order valence-corrected chi connectivity index (χ1v) is 10.2. The number of amides is 2. The van der Waals surface area contributed by atoms with Gasteiger partial charge in [-0.2, -0.15) is 0 Å². The predicted octanol–water partition coefficient (Wildman–Crippen LogP) is 4.84. The lowest BCUT2D eigenvalue weighted by atomic mass is 10.1. The summed E-state index contributed by atoms with van der Waals surface area (Å²) >= 11 is 0. The lowest BCUT2D eigenvalue weighted by Crippen LogP contribution is -2.19. The highest BCUT2D eigenvalue weighted by Gasteiger charge is 2.06. The first-order chi connectivity index (χ1) is 15.4. The number of pyridine rings is 1. The summed E-state index contributed by atoms with van der Waals surface area (Å²) < 4.78 is 7.27. The average Bonchev–Trinajstić information content (AvgIpc) is 2.75. The van der Waals surface area contributed by atoms with Crippen LogP contribution in [0.3, 0.4) is 0 Å². The Bertz CT molecular complexity index is 1340. The number of carbonyl (C=O) groups is 1. The van der Waals surface area contributed by atoms with E-state index in [4.69, 9.17) is 4.74 Å². The van der Waals surface area contributed by atoms with Crippen molar-refractivity contribution in [3.05, 3.63) is 99.6 Å². The summed E-state index contributed by atoms with van der Waals surface area (Å²) in [6, 6.07) is 17.6. The number of aromatic nitrogens is 2. The van der Waals surface area contributed by atoms with E-state index < -0.39 is 0 Å². The molecule has 7 nitrogen and oxygen atoms in total. The van der Waals surface area contributed by atoms with Gasteiger partial charge in [0.2, 0.25) is 0 Å². The Morgan fingerprint density at radius 2 is 1.62 bits per heavy atom. The fourth-order valence-electron chi connectivity index (χ4n) is 3.23. The zero-order valence-electron chi connectivity index (χ0n) is 18.2. The fraction of sp³-hybridized carbons (Fsp3) is 0.160. The molecule has 2 aromatic heterocycles. The van der Waals surface area contributed by atoms with Gasteiger partial charge in [0.15, 0.2) is 0 Å². The van der Waals surface area contributed by atoms with Gasteiger partial charge in [0.25, 0.3) is 5.56 Å². The quantitative estimate of drug-likeness (QED) is 0.476. The summed E-state index contributed by atoms with van der Waals surface area (Å²) in [6.07, 6.45) is 1.71. The topological polar surface area (TPSA) is 84.7 Å². The molecule has 0 atom stereocenters. The molecule has 0 aliphatic rings. The zero-order chi connectivity index (χ0) is 22.7. The Morgan fingerprint density at radius 1 is 0.906 bits per heavy atom. The van der Waals surface area contributed by atoms with Gasteiger partial charge in [0, 0.05) is 23.6 Å². The molecule has 0 saturated carbocycles. The maximum atomic E-state index is 12.3. The third-order valence-corrected chi connectivity index (χ3v) is 5.14. The van der Waals surface area contributed by atoms with Crippen molar-refractivity contribution >= 4 is 23.1 Å². The van der Waals surface area contributed by atoms with Crippen LogP contribution in [0.2, 0.25) is 0 Å². The van der Waals surface area contributed by atoms with E-state index in [0.717, 1.165) is 16.8 Å². The molecule has 0 aliphatic carbocycles. The Labute approximate surface area is 185 Å². The molecule has 0 aliphatic heterocycles. The van der Waals surface area contributed by atoms with Crippen LogP contribution in [0.4, 0.5) is 16.2 Å². The van der Waals surface area contributed by atoms with E-state index in [0.29, 0.717) is 22.8 Å². The van der Waals surface area contributed by atoms with E-state index in [2.05, 4.69) is 15.6 Å². The van der Waals surface area contributed by atoms with Crippen LogP contribution in [-0.4, -0.2) is 15.4 Å². The van der Waals surface area contributed by atoms with Crippen LogP contribution in [0.1, 0.15) is 22.4 Å². The van der Waals surface area contributed by atoms with Crippen molar-refractivity contribution in [3.63, 3.8) is 0 Å². The normalized spacial score (nSPS) is 10.7. The first-order valence-electron chi connectivity index (χ1n) is 10.2. The number of ether oxygens (including phenoxy) is 1. The van der Waals surface area contributed by atoms with Crippen molar-refractivity contribution in [1.82, 2.24) is 9.38 Å². The smallest absolute Gasteiger partial charge is 0.323 e. The van der Waals surface area contributed by atoms with Gasteiger partial charge in [-0.3, -0.25) is 9.20 Å². The summed E-state index contributed by atoms with van der Waals surface area (Å²) in [4.78, 5) is 29.0. The third-order valence-electron chi connectivity index (χ3n) is 5.14. The number of nitrogens with zero attached hydrogens (tertiary/aromatic N) is 2. The average molecular weight is 428 g/mol. The van der Waals surface area contributed by atoms with Gasteiger partial charge in [-0.15, -0.1) is 0 Å². The molecule has 0 bridgehead atoms. The van der Waals surface area contributed by atoms with Crippen molar-refractivity contribution in [1.29, 1.82) is 0 Å². The number of hydrogen-bond donors (Lipinski definition) is 2. The highest BCUT2D eigenvalue weighted by Crippen LogP contribution is 2.18. The van der Waals surface area contributed by atoms with Gasteiger partial charge in [-0.1, -0.05) is 6.07 Å². The lowest BCUT2D eigenvalue weighted by Gasteiger charge is -2.10. The molecule has 162 valence electrons. The molecular weight excluding hydrogens is 404 g/mol. The molecule has 0 fully saturated rings. The number of fused-ring (bicyclic) bond motifs is 1. The maximum Gasteiger partial charge on any atom is 0.323 e. The maximum absolute atomic E-state index is 12.3. The zero-order valence-corrected chi connectivity index (χ0v) is 18.2. The van der Waals surface area contributed by atoms with Crippen LogP contribution in [0.25, 0.3) is 5.65 Å². The second-order valence-corrected chi connectivity index (χ2v) is 7.71. The summed E-state index contributed by atoms with van der Waals surface area (Å²) in [5.74, 6) is 0.608. The van der Waals surface area contributed by atoms with Gasteiger partial charge in [0.1, 0.15) is 18.0 Å². The number of nitrogens with one attached hydrogen (secondary N) is 2. The molecule has 0 radical (unpaired) electrons.